The number of anilines is 2. The number of benzene rings is 3. The van der Waals surface area contributed by atoms with Crippen LogP contribution in [0.5, 0.6) is 5.75 Å². The Morgan fingerprint density at radius 1 is 1.11 bits per heavy atom. The van der Waals surface area contributed by atoms with Crippen LogP contribution in [0.3, 0.4) is 0 Å². The quantitative estimate of drug-likeness (QED) is 0.210. The number of ether oxygens (including phenoxy) is 1. The molecular formula is C36H31F3N4O3. The van der Waals surface area contributed by atoms with E-state index in [9.17, 15) is 23.9 Å². The van der Waals surface area contributed by atoms with E-state index in [0.29, 0.717) is 30.5 Å². The highest BCUT2D eigenvalue weighted by Crippen LogP contribution is 2.49. The van der Waals surface area contributed by atoms with E-state index in [0.717, 1.165) is 28.8 Å². The summed E-state index contributed by atoms with van der Waals surface area (Å²) in [4.78, 5) is 18.2. The van der Waals surface area contributed by atoms with Gasteiger partial charge in [0.2, 0.25) is 5.91 Å². The Labute approximate surface area is 264 Å². The minimum absolute atomic E-state index is 0.000873. The second-order valence-electron chi connectivity index (χ2n) is 12.1. The second-order valence-corrected chi connectivity index (χ2v) is 12.1. The Hall–Kier alpha value is -4.88. The van der Waals surface area contributed by atoms with Gasteiger partial charge in [-0.1, -0.05) is 42.5 Å². The van der Waals surface area contributed by atoms with Crippen molar-refractivity contribution in [2.45, 2.75) is 43.9 Å². The summed E-state index contributed by atoms with van der Waals surface area (Å²) in [5, 5.41) is 22.1. The normalized spacial score (nSPS) is 20.8. The summed E-state index contributed by atoms with van der Waals surface area (Å²) in [5.41, 5.74) is 8.17. The number of amides is 1. The monoisotopic (exact) mass is 624 g/mol. The van der Waals surface area contributed by atoms with Crippen LogP contribution in [0.15, 0.2) is 72.9 Å². The highest BCUT2D eigenvalue weighted by molar-refractivity contribution is 5.95. The third-order valence-electron chi connectivity index (χ3n) is 9.09. The fraction of sp³-hybridized carbons (Fsp3) is 0.306. The number of pyridine rings is 1. The molecule has 1 aliphatic heterocycles. The molecule has 46 heavy (non-hydrogen) atoms. The summed E-state index contributed by atoms with van der Waals surface area (Å²) in [7, 11) is 0. The second kappa shape index (κ2) is 11.8. The maximum atomic E-state index is 15.9. The number of aromatic nitrogens is 1. The predicted octanol–water partition coefficient (Wildman–Crippen LogP) is 6.32. The van der Waals surface area contributed by atoms with E-state index in [1.807, 2.05) is 18.2 Å². The third kappa shape index (κ3) is 5.56. The number of nitrogens with zero attached hydrogens (tertiary/aromatic N) is 3. The Morgan fingerprint density at radius 2 is 1.91 bits per heavy atom. The van der Waals surface area contributed by atoms with Gasteiger partial charge in [0.05, 0.1) is 12.1 Å². The number of fused-ring (bicyclic) bond motifs is 3. The van der Waals surface area contributed by atoms with Crippen molar-refractivity contribution >= 4 is 17.4 Å². The van der Waals surface area contributed by atoms with Crippen LogP contribution in [-0.4, -0.2) is 53.9 Å². The number of hydrogen-bond donors (Lipinski definition) is 2. The smallest absolute Gasteiger partial charge is 0.260 e. The van der Waals surface area contributed by atoms with Gasteiger partial charge in [0.1, 0.15) is 29.7 Å². The molecule has 2 aliphatic carbocycles. The number of nitriles is 1. The molecular weight excluding hydrogens is 593 g/mol. The van der Waals surface area contributed by atoms with Crippen LogP contribution in [-0.2, 0) is 17.6 Å². The zero-order chi connectivity index (χ0) is 32.0. The van der Waals surface area contributed by atoms with E-state index in [1.165, 1.54) is 17.3 Å². The Kier molecular flexibility index (Phi) is 7.65. The average molecular weight is 625 g/mol. The van der Waals surface area contributed by atoms with Crippen molar-refractivity contribution in [3.05, 3.63) is 95.2 Å². The van der Waals surface area contributed by atoms with Crippen LogP contribution < -0.4 is 15.0 Å². The maximum absolute atomic E-state index is 15.9. The van der Waals surface area contributed by atoms with Crippen molar-refractivity contribution in [3.63, 3.8) is 0 Å². The fourth-order valence-electron chi connectivity index (χ4n) is 6.63. The molecule has 4 aromatic rings. The number of carbonyl (C=O) groups is 1. The van der Waals surface area contributed by atoms with Crippen LogP contribution in [0, 0.1) is 17.2 Å². The lowest BCUT2D eigenvalue weighted by atomic mass is 9.95. The van der Waals surface area contributed by atoms with Gasteiger partial charge in [0.15, 0.2) is 6.17 Å². The van der Waals surface area contributed by atoms with Crippen molar-refractivity contribution < 1.29 is 27.8 Å². The van der Waals surface area contributed by atoms with Gasteiger partial charge in [-0.25, -0.2) is 18.2 Å². The van der Waals surface area contributed by atoms with Gasteiger partial charge in [-0.15, -0.1) is 0 Å². The number of halogens is 3. The third-order valence-corrected chi connectivity index (χ3v) is 9.09. The summed E-state index contributed by atoms with van der Waals surface area (Å²) in [6.45, 7) is 0.669. The maximum Gasteiger partial charge on any atom is 0.260 e. The molecule has 3 atom stereocenters. The Bertz CT molecular complexity index is 1870. The van der Waals surface area contributed by atoms with Gasteiger partial charge in [-0.05, 0) is 69.6 Å². The fourth-order valence-corrected chi connectivity index (χ4v) is 6.63. The van der Waals surface area contributed by atoms with Crippen molar-refractivity contribution in [2.24, 2.45) is 5.92 Å². The SMILES string of the molecule is N#Cc1cc(-c2ccnc(NC(=O)C3CC3(F)F)c2)ccc1O[C@H]1CCN(c2c(CCO)ccc3c2Cc2ccccc2-3)C[C@H]1F. The summed E-state index contributed by atoms with van der Waals surface area (Å²) >= 11 is 0. The molecule has 1 aromatic heterocycles. The molecule has 234 valence electrons. The van der Waals surface area contributed by atoms with E-state index < -0.39 is 36.4 Å². The zero-order valence-electron chi connectivity index (χ0n) is 24.8. The number of aliphatic hydroxyl groups is 1. The van der Waals surface area contributed by atoms with Crippen molar-refractivity contribution in [1.82, 2.24) is 4.98 Å². The number of rotatable bonds is 8. The molecule has 7 nitrogen and oxygen atoms in total. The van der Waals surface area contributed by atoms with Crippen molar-refractivity contribution in [3.8, 4) is 34.1 Å². The van der Waals surface area contributed by atoms with Crippen molar-refractivity contribution in [2.75, 3.05) is 29.9 Å². The standard InChI is InChI=1S/C36H31F3N4O3/c37-30-20-43(34-21(11-14-44)5-7-27-26-4-2-1-3-24(26)16-28(27)34)13-10-32(30)46-31-8-6-22(15-25(31)19-40)23-9-12-41-33(17-23)42-35(45)29-18-36(29,38)39/h1-9,12,15,17,29-30,32,44H,10-11,13-14,16,18,20H2,(H,41,42,45)/t29?,30-,32+/m1/s1. The molecule has 1 saturated carbocycles. The van der Waals surface area contributed by atoms with E-state index >= 15 is 4.39 Å². The molecule has 1 amide bonds. The molecule has 3 aliphatic rings. The number of carbonyl (C=O) groups excluding carboxylic acids is 1. The number of hydrogen-bond acceptors (Lipinski definition) is 6. The first-order valence-corrected chi connectivity index (χ1v) is 15.3. The molecule has 7 rings (SSSR count). The van der Waals surface area contributed by atoms with Crippen LogP contribution >= 0.6 is 0 Å². The van der Waals surface area contributed by atoms with Gasteiger partial charge < -0.3 is 20.1 Å². The molecule has 0 spiro atoms. The Morgan fingerprint density at radius 3 is 2.67 bits per heavy atom. The Balaban J connectivity index is 1.06. The van der Waals surface area contributed by atoms with Gasteiger partial charge in [0.25, 0.3) is 5.92 Å². The molecule has 3 aromatic carbocycles. The van der Waals surface area contributed by atoms with Gasteiger partial charge in [0, 0.05) is 44.3 Å². The van der Waals surface area contributed by atoms with Crippen LogP contribution in [0.4, 0.5) is 24.7 Å². The molecule has 1 saturated heterocycles. The predicted molar refractivity (Wildman–Crippen MR) is 168 cm³/mol. The lowest BCUT2D eigenvalue weighted by Crippen LogP contribution is -2.47. The largest absolute Gasteiger partial charge is 0.486 e. The highest BCUT2D eigenvalue weighted by Gasteiger charge is 2.61. The number of piperidine rings is 1. The molecule has 1 unspecified atom stereocenters. The minimum Gasteiger partial charge on any atom is -0.486 e. The van der Waals surface area contributed by atoms with Gasteiger partial charge >= 0.3 is 0 Å². The molecule has 2 N–H and O–H groups in total. The van der Waals surface area contributed by atoms with Crippen LogP contribution in [0.2, 0.25) is 0 Å². The van der Waals surface area contributed by atoms with E-state index in [4.69, 9.17) is 4.74 Å². The van der Waals surface area contributed by atoms with Crippen molar-refractivity contribution in [1.29, 1.82) is 5.26 Å². The number of alkyl halides is 3. The molecule has 0 radical (unpaired) electrons. The van der Waals surface area contributed by atoms with E-state index in [-0.39, 0.29) is 30.3 Å². The average Bonchev–Trinajstić information content (AvgIpc) is 3.54. The van der Waals surface area contributed by atoms with E-state index in [1.54, 1.807) is 30.3 Å². The van der Waals surface area contributed by atoms with E-state index in [2.05, 4.69) is 39.5 Å². The highest BCUT2D eigenvalue weighted by atomic mass is 19.3. The summed E-state index contributed by atoms with van der Waals surface area (Å²) in [5.74, 6) is -4.71. The first kappa shape index (κ1) is 29.8. The van der Waals surface area contributed by atoms with Crippen LogP contribution in [0.1, 0.15) is 35.1 Å². The topological polar surface area (TPSA) is 98.5 Å². The summed E-state index contributed by atoms with van der Waals surface area (Å²) in [6, 6.07) is 22.7. The first-order valence-electron chi connectivity index (χ1n) is 15.3. The lowest BCUT2D eigenvalue weighted by Gasteiger charge is -2.38. The van der Waals surface area contributed by atoms with Gasteiger partial charge in [-0.2, -0.15) is 5.26 Å². The molecule has 10 heteroatoms. The van der Waals surface area contributed by atoms with Gasteiger partial charge in [-0.3, -0.25) is 4.79 Å². The number of aliphatic hydroxyl groups excluding tert-OH is 1. The minimum atomic E-state index is -2.98. The summed E-state index contributed by atoms with van der Waals surface area (Å²) < 4.78 is 48.5. The molecule has 0 bridgehead atoms. The first-order chi connectivity index (χ1) is 22.3. The lowest BCUT2D eigenvalue weighted by molar-refractivity contribution is -0.119. The molecule has 2 heterocycles. The van der Waals surface area contributed by atoms with Crippen LogP contribution in [0.25, 0.3) is 22.3 Å². The molecule has 2 fully saturated rings. The summed E-state index contributed by atoms with van der Waals surface area (Å²) in [6.07, 6.45) is 0.522. The number of nitrogens with one attached hydrogen (secondary N) is 1. The zero-order valence-corrected chi connectivity index (χ0v) is 24.8.